The fourth-order valence-electron chi connectivity index (χ4n) is 3.33. The maximum Gasteiger partial charge on any atom is 0.205 e. The van der Waals surface area contributed by atoms with Gasteiger partial charge in [0, 0.05) is 28.5 Å². The number of halogens is 1. The summed E-state index contributed by atoms with van der Waals surface area (Å²) in [5.74, 6) is 0.858. The average molecular weight is 389 g/mol. The second kappa shape index (κ2) is 6.33. The molecule has 3 rings (SSSR count). The van der Waals surface area contributed by atoms with Gasteiger partial charge >= 0.3 is 0 Å². The number of allylic oxidation sites excluding steroid dienone is 3. The van der Waals surface area contributed by atoms with E-state index >= 15 is 0 Å². The number of Topliss-reactive ketones (excluding diaryl/α,β-unsaturated/α-hetero) is 1. The first-order valence-electron chi connectivity index (χ1n) is 7.63. The molecule has 0 amide bonds. The zero-order chi connectivity index (χ0) is 17.4. The van der Waals surface area contributed by atoms with Crippen molar-refractivity contribution < 1.29 is 14.3 Å². The van der Waals surface area contributed by atoms with Crippen molar-refractivity contribution in [3.05, 3.63) is 51.0 Å². The second-order valence-electron chi connectivity index (χ2n) is 6.08. The Morgan fingerprint density at radius 2 is 2.17 bits per heavy atom. The Morgan fingerprint density at radius 1 is 1.42 bits per heavy atom. The van der Waals surface area contributed by atoms with Gasteiger partial charge in [0.15, 0.2) is 5.78 Å². The third kappa shape index (κ3) is 2.69. The highest BCUT2D eigenvalue weighted by Gasteiger charge is 2.40. The van der Waals surface area contributed by atoms with Crippen LogP contribution in [0.25, 0.3) is 0 Å². The summed E-state index contributed by atoms with van der Waals surface area (Å²) in [5, 5.41) is 9.60. The van der Waals surface area contributed by atoms with E-state index in [9.17, 15) is 10.1 Å². The molecule has 1 aliphatic carbocycles. The van der Waals surface area contributed by atoms with Gasteiger partial charge in [0.1, 0.15) is 23.2 Å². The Kier molecular flexibility index (Phi) is 4.37. The van der Waals surface area contributed by atoms with Gasteiger partial charge in [-0.05, 0) is 24.1 Å². The van der Waals surface area contributed by atoms with Crippen molar-refractivity contribution in [3.63, 3.8) is 0 Å². The molecule has 0 saturated carbocycles. The summed E-state index contributed by atoms with van der Waals surface area (Å²) in [6, 6.07) is 7.62. The number of carbonyl (C=O) groups is 1. The number of ketones is 1. The normalized spacial score (nSPS) is 23.5. The van der Waals surface area contributed by atoms with Gasteiger partial charge in [-0.3, -0.25) is 4.79 Å². The molecule has 5 nitrogen and oxygen atoms in total. The van der Waals surface area contributed by atoms with Crippen molar-refractivity contribution in [2.24, 2.45) is 11.7 Å². The summed E-state index contributed by atoms with van der Waals surface area (Å²) in [4.78, 5) is 12.7. The standard InChI is InChI=1S/C18H17BrN2O3/c1-9-5-13(22)17-15(6-9)24-18(21)12(8-20)16(17)11-7-10(19)3-4-14(11)23-2/h3-4,7,9,16H,5-6,21H2,1-2H3/t9-,16-/m1/s1. The van der Waals surface area contributed by atoms with Crippen LogP contribution in [-0.2, 0) is 9.53 Å². The maximum atomic E-state index is 12.7. The number of nitrogens with zero attached hydrogens (tertiary/aromatic N) is 1. The largest absolute Gasteiger partial charge is 0.496 e. The number of nitriles is 1. The molecule has 2 aliphatic rings. The minimum absolute atomic E-state index is 0.00368. The van der Waals surface area contributed by atoms with E-state index in [2.05, 4.69) is 22.0 Å². The Morgan fingerprint density at radius 3 is 2.83 bits per heavy atom. The zero-order valence-electron chi connectivity index (χ0n) is 13.4. The lowest BCUT2D eigenvalue weighted by molar-refractivity contribution is -0.117. The van der Waals surface area contributed by atoms with Crippen LogP contribution in [0.15, 0.2) is 45.5 Å². The lowest BCUT2D eigenvalue weighted by atomic mass is 9.75. The Hall–Kier alpha value is -2.26. The number of benzene rings is 1. The van der Waals surface area contributed by atoms with Gasteiger partial charge in [-0.1, -0.05) is 22.9 Å². The highest BCUT2D eigenvalue weighted by molar-refractivity contribution is 9.10. The van der Waals surface area contributed by atoms with Crippen LogP contribution in [0.4, 0.5) is 0 Å². The molecule has 2 N–H and O–H groups in total. The van der Waals surface area contributed by atoms with Gasteiger partial charge in [-0.15, -0.1) is 0 Å². The van der Waals surface area contributed by atoms with Gasteiger partial charge in [-0.25, -0.2) is 0 Å². The molecule has 1 aromatic rings. The predicted molar refractivity (Wildman–Crippen MR) is 91.8 cm³/mol. The summed E-state index contributed by atoms with van der Waals surface area (Å²) in [7, 11) is 1.56. The molecule has 0 spiro atoms. The lowest BCUT2D eigenvalue weighted by Gasteiger charge is -2.33. The highest BCUT2D eigenvalue weighted by Crippen LogP contribution is 2.47. The molecule has 124 valence electrons. The summed E-state index contributed by atoms with van der Waals surface area (Å²) in [5.41, 5.74) is 7.48. The average Bonchev–Trinajstić information content (AvgIpc) is 2.53. The van der Waals surface area contributed by atoms with Gasteiger partial charge in [0.25, 0.3) is 0 Å². The van der Waals surface area contributed by atoms with Gasteiger partial charge in [-0.2, -0.15) is 5.26 Å². The molecule has 0 fully saturated rings. The minimum atomic E-state index is -0.564. The van der Waals surface area contributed by atoms with Crippen molar-refractivity contribution >= 4 is 21.7 Å². The number of nitrogens with two attached hydrogens (primary N) is 1. The number of rotatable bonds is 2. The van der Waals surface area contributed by atoms with E-state index in [1.807, 2.05) is 19.1 Å². The van der Waals surface area contributed by atoms with E-state index < -0.39 is 5.92 Å². The van der Waals surface area contributed by atoms with Crippen LogP contribution in [0, 0.1) is 17.2 Å². The monoisotopic (exact) mass is 388 g/mol. The van der Waals surface area contributed by atoms with Crippen molar-refractivity contribution in [2.75, 3.05) is 7.11 Å². The molecule has 0 radical (unpaired) electrons. The van der Waals surface area contributed by atoms with Crippen LogP contribution in [0.1, 0.15) is 31.2 Å². The minimum Gasteiger partial charge on any atom is -0.496 e. The third-order valence-corrected chi connectivity index (χ3v) is 4.86. The maximum absolute atomic E-state index is 12.7. The number of hydrogen-bond donors (Lipinski definition) is 1. The van der Waals surface area contributed by atoms with E-state index in [0.29, 0.717) is 29.9 Å². The topological polar surface area (TPSA) is 85.3 Å². The SMILES string of the molecule is COc1ccc(Br)cc1[C@@H]1C(C#N)=C(N)OC2=C1C(=O)C[C@@H](C)C2. The lowest BCUT2D eigenvalue weighted by Crippen LogP contribution is -2.29. The summed E-state index contributed by atoms with van der Waals surface area (Å²) < 4.78 is 11.9. The smallest absolute Gasteiger partial charge is 0.205 e. The van der Waals surface area contributed by atoms with Crippen molar-refractivity contribution in [2.45, 2.75) is 25.7 Å². The molecule has 0 aromatic heterocycles. The molecule has 2 atom stereocenters. The first-order chi connectivity index (χ1) is 11.5. The third-order valence-electron chi connectivity index (χ3n) is 4.37. The van der Waals surface area contributed by atoms with Crippen LogP contribution < -0.4 is 10.5 Å². The molecular formula is C18H17BrN2O3. The van der Waals surface area contributed by atoms with E-state index in [-0.39, 0.29) is 23.2 Å². The molecule has 1 aromatic carbocycles. The zero-order valence-corrected chi connectivity index (χ0v) is 15.0. The molecule has 1 heterocycles. The van der Waals surface area contributed by atoms with Crippen LogP contribution in [0.2, 0.25) is 0 Å². The molecule has 0 unspecified atom stereocenters. The molecule has 0 bridgehead atoms. The second-order valence-corrected chi connectivity index (χ2v) is 7.00. The predicted octanol–water partition coefficient (Wildman–Crippen LogP) is 3.52. The molecule has 24 heavy (non-hydrogen) atoms. The number of ether oxygens (including phenoxy) is 2. The van der Waals surface area contributed by atoms with Crippen molar-refractivity contribution in [1.29, 1.82) is 5.26 Å². The Labute approximate surface area is 148 Å². The summed E-state index contributed by atoms with van der Waals surface area (Å²) in [6.07, 6.45) is 1.07. The summed E-state index contributed by atoms with van der Waals surface area (Å²) in [6.45, 7) is 2.00. The van der Waals surface area contributed by atoms with Crippen molar-refractivity contribution in [1.82, 2.24) is 0 Å². The first kappa shape index (κ1) is 16.6. The van der Waals surface area contributed by atoms with Gasteiger partial charge < -0.3 is 15.2 Å². The van der Waals surface area contributed by atoms with Crippen LogP contribution in [0.5, 0.6) is 5.75 Å². The highest BCUT2D eigenvalue weighted by atomic mass is 79.9. The van der Waals surface area contributed by atoms with Crippen molar-refractivity contribution in [3.8, 4) is 11.8 Å². The van der Waals surface area contributed by atoms with Gasteiger partial charge in [0.2, 0.25) is 5.88 Å². The van der Waals surface area contributed by atoms with E-state index in [1.54, 1.807) is 13.2 Å². The number of methoxy groups -OCH3 is 1. The van der Waals surface area contributed by atoms with Crippen LogP contribution in [0.3, 0.4) is 0 Å². The number of carbonyl (C=O) groups excluding carboxylic acids is 1. The van der Waals surface area contributed by atoms with E-state index in [0.717, 1.165) is 10.0 Å². The van der Waals surface area contributed by atoms with Gasteiger partial charge in [0.05, 0.1) is 13.0 Å². The summed E-state index contributed by atoms with van der Waals surface area (Å²) >= 11 is 3.44. The molecule has 1 aliphatic heterocycles. The molecular weight excluding hydrogens is 372 g/mol. The fraction of sp³-hybridized carbons (Fsp3) is 0.333. The van der Waals surface area contributed by atoms with E-state index in [1.165, 1.54) is 0 Å². The van der Waals surface area contributed by atoms with Crippen LogP contribution in [-0.4, -0.2) is 12.9 Å². The fourth-order valence-corrected chi connectivity index (χ4v) is 3.71. The van der Waals surface area contributed by atoms with Crippen LogP contribution >= 0.6 is 15.9 Å². The van der Waals surface area contributed by atoms with E-state index in [4.69, 9.17) is 15.2 Å². The molecule has 6 heteroatoms. The quantitative estimate of drug-likeness (QED) is 0.837. The Bertz CT molecular complexity index is 820. The first-order valence-corrected chi connectivity index (χ1v) is 8.42. The molecule has 0 saturated heterocycles. The Balaban J connectivity index is 2.25. The number of hydrogen-bond acceptors (Lipinski definition) is 5.